The Kier molecular flexibility index (Phi) is 4.41. The van der Waals surface area contributed by atoms with Crippen LogP contribution < -0.4 is 5.32 Å². The molecule has 1 atom stereocenters. The Hall–Kier alpha value is -1.66. The standard InChI is InChI=1S/C18H21BrN4O/c19-15-3-1-2-14(8-15)17-18(24)22(10-13-4-6-20-7-5-13)11-16-9-21-12-23(16)17/h1-3,8-9,12-13,17,20H,4-7,10-11H2. The van der Waals surface area contributed by atoms with Gasteiger partial charge in [0.2, 0.25) is 0 Å². The number of rotatable bonds is 3. The molecule has 2 aliphatic rings. The van der Waals surface area contributed by atoms with E-state index in [9.17, 15) is 4.79 Å². The number of amides is 1. The van der Waals surface area contributed by atoms with Crippen LogP contribution in [0.1, 0.15) is 30.1 Å². The average Bonchev–Trinajstić information content (AvgIpc) is 3.04. The summed E-state index contributed by atoms with van der Waals surface area (Å²) in [5.41, 5.74) is 2.11. The van der Waals surface area contributed by atoms with Gasteiger partial charge in [-0.3, -0.25) is 4.79 Å². The van der Waals surface area contributed by atoms with Gasteiger partial charge in [-0.05, 0) is 49.5 Å². The summed E-state index contributed by atoms with van der Waals surface area (Å²) in [5.74, 6) is 0.768. The van der Waals surface area contributed by atoms with E-state index in [1.807, 2.05) is 39.9 Å². The van der Waals surface area contributed by atoms with E-state index in [0.29, 0.717) is 12.5 Å². The number of aromatic nitrogens is 2. The van der Waals surface area contributed by atoms with Gasteiger partial charge in [0.15, 0.2) is 0 Å². The number of hydrogen-bond donors (Lipinski definition) is 1. The van der Waals surface area contributed by atoms with E-state index in [2.05, 4.69) is 26.2 Å². The van der Waals surface area contributed by atoms with Gasteiger partial charge < -0.3 is 14.8 Å². The Morgan fingerprint density at radius 1 is 1.29 bits per heavy atom. The second-order valence-corrected chi connectivity index (χ2v) is 7.58. The second kappa shape index (κ2) is 6.69. The summed E-state index contributed by atoms with van der Waals surface area (Å²) >= 11 is 3.52. The lowest BCUT2D eigenvalue weighted by Gasteiger charge is -2.37. The topological polar surface area (TPSA) is 50.2 Å². The van der Waals surface area contributed by atoms with Crippen molar-refractivity contribution < 1.29 is 4.79 Å². The third-order valence-electron chi connectivity index (χ3n) is 5.02. The first-order valence-electron chi connectivity index (χ1n) is 8.48. The molecule has 0 bridgehead atoms. The van der Waals surface area contributed by atoms with E-state index in [1.165, 1.54) is 0 Å². The number of imidazole rings is 1. The minimum Gasteiger partial charge on any atom is -0.334 e. The van der Waals surface area contributed by atoms with Gasteiger partial charge in [0.05, 0.1) is 18.6 Å². The summed E-state index contributed by atoms with van der Waals surface area (Å²) in [6.07, 6.45) is 5.95. The Labute approximate surface area is 150 Å². The molecule has 5 nitrogen and oxygen atoms in total. The van der Waals surface area contributed by atoms with Crippen molar-refractivity contribution in [3.05, 3.63) is 52.5 Å². The zero-order valence-corrected chi connectivity index (χ0v) is 15.1. The van der Waals surface area contributed by atoms with Crippen LogP contribution in [0.5, 0.6) is 0 Å². The highest BCUT2D eigenvalue weighted by atomic mass is 79.9. The maximum absolute atomic E-state index is 13.2. The lowest BCUT2D eigenvalue weighted by Crippen LogP contribution is -2.46. The van der Waals surface area contributed by atoms with Crippen LogP contribution in [-0.2, 0) is 11.3 Å². The van der Waals surface area contributed by atoms with Crippen molar-refractivity contribution >= 4 is 21.8 Å². The van der Waals surface area contributed by atoms with Crippen LogP contribution in [0.2, 0.25) is 0 Å². The van der Waals surface area contributed by atoms with Gasteiger partial charge in [0.25, 0.3) is 5.91 Å². The number of piperidine rings is 1. The molecule has 0 saturated carbocycles. The highest BCUT2D eigenvalue weighted by molar-refractivity contribution is 9.10. The van der Waals surface area contributed by atoms with Crippen LogP contribution in [0, 0.1) is 5.92 Å². The fourth-order valence-electron chi connectivity index (χ4n) is 3.76. The number of benzene rings is 1. The number of nitrogens with zero attached hydrogens (tertiary/aromatic N) is 3. The molecule has 6 heteroatoms. The quantitative estimate of drug-likeness (QED) is 0.878. The van der Waals surface area contributed by atoms with E-state index in [1.54, 1.807) is 6.33 Å². The van der Waals surface area contributed by atoms with E-state index in [4.69, 9.17) is 0 Å². The van der Waals surface area contributed by atoms with Gasteiger partial charge in [-0.2, -0.15) is 0 Å². The average molecular weight is 389 g/mol. The highest BCUT2D eigenvalue weighted by Gasteiger charge is 2.35. The number of halogens is 1. The number of carbonyl (C=O) groups is 1. The Morgan fingerprint density at radius 2 is 2.12 bits per heavy atom. The zero-order chi connectivity index (χ0) is 16.5. The molecule has 4 rings (SSSR count). The van der Waals surface area contributed by atoms with E-state index in [-0.39, 0.29) is 11.9 Å². The molecule has 1 aromatic heterocycles. The predicted molar refractivity (Wildman–Crippen MR) is 95.5 cm³/mol. The van der Waals surface area contributed by atoms with Crippen molar-refractivity contribution in [2.45, 2.75) is 25.4 Å². The summed E-state index contributed by atoms with van der Waals surface area (Å²) < 4.78 is 3.01. The molecule has 2 aromatic rings. The number of fused-ring (bicyclic) bond motifs is 1. The molecule has 1 unspecified atom stereocenters. The first kappa shape index (κ1) is 15.8. The summed E-state index contributed by atoms with van der Waals surface area (Å²) in [7, 11) is 0. The van der Waals surface area contributed by atoms with Crippen molar-refractivity contribution in [3.63, 3.8) is 0 Å². The molecule has 1 aromatic carbocycles. The normalized spacial score (nSPS) is 21.8. The SMILES string of the molecule is O=C1C(c2cccc(Br)c2)n2cncc2CN1CC1CCNCC1. The van der Waals surface area contributed by atoms with E-state index >= 15 is 0 Å². The Morgan fingerprint density at radius 3 is 2.92 bits per heavy atom. The summed E-state index contributed by atoms with van der Waals surface area (Å²) in [6.45, 7) is 3.61. The third-order valence-corrected chi connectivity index (χ3v) is 5.52. The lowest BCUT2D eigenvalue weighted by atomic mass is 9.95. The fourth-order valence-corrected chi connectivity index (χ4v) is 4.18. The molecule has 1 N–H and O–H groups in total. The monoisotopic (exact) mass is 388 g/mol. The molecular formula is C18H21BrN4O. The molecular weight excluding hydrogens is 368 g/mol. The third kappa shape index (κ3) is 3.00. The van der Waals surface area contributed by atoms with Gasteiger partial charge in [0, 0.05) is 17.2 Å². The largest absolute Gasteiger partial charge is 0.334 e. The second-order valence-electron chi connectivity index (χ2n) is 6.66. The molecule has 126 valence electrons. The van der Waals surface area contributed by atoms with Gasteiger partial charge in [-0.1, -0.05) is 28.1 Å². The number of hydrogen-bond acceptors (Lipinski definition) is 3. The van der Waals surface area contributed by atoms with Gasteiger partial charge >= 0.3 is 0 Å². The van der Waals surface area contributed by atoms with Crippen LogP contribution >= 0.6 is 15.9 Å². The molecule has 1 amide bonds. The van der Waals surface area contributed by atoms with Crippen LogP contribution in [-0.4, -0.2) is 40.0 Å². The molecule has 24 heavy (non-hydrogen) atoms. The van der Waals surface area contributed by atoms with Crippen LogP contribution in [0.25, 0.3) is 0 Å². The molecule has 2 aliphatic heterocycles. The number of carbonyl (C=O) groups excluding carboxylic acids is 1. The van der Waals surface area contributed by atoms with Crippen molar-refractivity contribution in [1.29, 1.82) is 0 Å². The number of nitrogens with one attached hydrogen (secondary N) is 1. The van der Waals surface area contributed by atoms with E-state index in [0.717, 1.165) is 48.2 Å². The molecule has 0 aliphatic carbocycles. The summed E-state index contributed by atoms with van der Waals surface area (Å²) in [4.78, 5) is 19.5. The minimum atomic E-state index is -0.310. The molecule has 1 fully saturated rings. The lowest BCUT2D eigenvalue weighted by molar-refractivity contribution is -0.136. The fraction of sp³-hybridized carbons (Fsp3) is 0.444. The Bertz CT molecular complexity index is 738. The highest BCUT2D eigenvalue weighted by Crippen LogP contribution is 2.30. The molecule has 0 radical (unpaired) electrons. The zero-order valence-electron chi connectivity index (χ0n) is 13.5. The minimum absolute atomic E-state index is 0.178. The van der Waals surface area contributed by atoms with Gasteiger partial charge in [-0.15, -0.1) is 0 Å². The van der Waals surface area contributed by atoms with E-state index < -0.39 is 0 Å². The molecule has 1 saturated heterocycles. The van der Waals surface area contributed by atoms with Crippen molar-refractivity contribution in [2.24, 2.45) is 5.92 Å². The first-order valence-corrected chi connectivity index (χ1v) is 9.27. The Balaban J connectivity index is 1.64. The maximum Gasteiger partial charge on any atom is 0.250 e. The van der Waals surface area contributed by atoms with Crippen LogP contribution in [0.15, 0.2) is 41.3 Å². The van der Waals surface area contributed by atoms with Crippen molar-refractivity contribution in [3.8, 4) is 0 Å². The molecule has 3 heterocycles. The molecule has 0 spiro atoms. The van der Waals surface area contributed by atoms with Gasteiger partial charge in [0.1, 0.15) is 6.04 Å². The van der Waals surface area contributed by atoms with Gasteiger partial charge in [-0.25, -0.2) is 4.98 Å². The van der Waals surface area contributed by atoms with Crippen molar-refractivity contribution in [2.75, 3.05) is 19.6 Å². The van der Waals surface area contributed by atoms with Crippen LogP contribution in [0.4, 0.5) is 0 Å². The summed E-state index contributed by atoms with van der Waals surface area (Å²) in [5, 5.41) is 3.39. The smallest absolute Gasteiger partial charge is 0.250 e. The van der Waals surface area contributed by atoms with Crippen LogP contribution in [0.3, 0.4) is 0 Å². The summed E-state index contributed by atoms with van der Waals surface area (Å²) in [6, 6.07) is 7.70. The first-order chi connectivity index (χ1) is 11.7. The van der Waals surface area contributed by atoms with Crippen molar-refractivity contribution in [1.82, 2.24) is 19.8 Å². The maximum atomic E-state index is 13.2. The predicted octanol–water partition coefficient (Wildman–Crippen LogP) is 2.58.